The van der Waals surface area contributed by atoms with Crippen molar-refractivity contribution in [3.05, 3.63) is 54.6 Å². The van der Waals surface area contributed by atoms with Crippen LogP contribution in [0.15, 0.2) is 54.6 Å². The number of para-hydroxylation sites is 1. The van der Waals surface area contributed by atoms with E-state index in [2.05, 4.69) is 23.5 Å². The number of benzene rings is 2. The molecular formula is C21H25NOS. The molecule has 126 valence electrons. The molecular weight excluding hydrogens is 314 g/mol. The normalized spacial score (nSPS) is 16.5. The predicted molar refractivity (Wildman–Crippen MR) is 104 cm³/mol. The number of nitrogens with one attached hydrogen (secondary N) is 1. The Morgan fingerprint density at radius 1 is 1.00 bits per heavy atom. The maximum atomic E-state index is 12.6. The van der Waals surface area contributed by atoms with Crippen LogP contribution in [0, 0.1) is 0 Å². The summed E-state index contributed by atoms with van der Waals surface area (Å²) in [5.41, 5.74) is 3.09. The van der Waals surface area contributed by atoms with Gasteiger partial charge in [-0.3, -0.25) is 4.79 Å². The molecule has 3 rings (SSSR count). The molecule has 0 aliphatic heterocycles. The molecule has 1 fully saturated rings. The highest BCUT2D eigenvalue weighted by atomic mass is 32.2. The van der Waals surface area contributed by atoms with Gasteiger partial charge in [-0.2, -0.15) is 0 Å². The van der Waals surface area contributed by atoms with Crippen LogP contribution in [0.25, 0.3) is 11.1 Å². The predicted octanol–water partition coefficient (Wildman–Crippen LogP) is 5.75. The van der Waals surface area contributed by atoms with Gasteiger partial charge in [-0.25, -0.2) is 0 Å². The van der Waals surface area contributed by atoms with Gasteiger partial charge in [0.1, 0.15) is 0 Å². The quantitative estimate of drug-likeness (QED) is 0.752. The molecule has 0 heterocycles. The second-order valence-electron chi connectivity index (χ2n) is 6.44. The average Bonchev–Trinajstić information content (AvgIpc) is 2.63. The van der Waals surface area contributed by atoms with E-state index < -0.39 is 0 Å². The lowest BCUT2D eigenvalue weighted by molar-refractivity contribution is -0.115. The topological polar surface area (TPSA) is 29.1 Å². The fourth-order valence-electron chi connectivity index (χ4n) is 3.25. The first-order chi connectivity index (χ1) is 11.7. The van der Waals surface area contributed by atoms with E-state index in [0.717, 1.165) is 16.8 Å². The van der Waals surface area contributed by atoms with Crippen molar-refractivity contribution in [3.63, 3.8) is 0 Å². The van der Waals surface area contributed by atoms with Crippen molar-refractivity contribution in [1.29, 1.82) is 0 Å². The van der Waals surface area contributed by atoms with Crippen molar-refractivity contribution in [1.82, 2.24) is 0 Å². The number of amides is 1. The molecule has 1 amide bonds. The highest BCUT2D eigenvalue weighted by Crippen LogP contribution is 2.32. The molecule has 0 aromatic heterocycles. The summed E-state index contributed by atoms with van der Waals surface area (Å²) < 4.78 is 0. The molecule has 3 heteroatoms. The van der Waals surface area contributed by atoms with E-state index in [1.807, 2.05) is 55.1 Å². The number of hydrogen-bond acceptors (Lipinski definition) is 2. The molecule has 1 atom stereocenters. The summed E-state index contributed by atoms with van der Waals surface area (Å²) in [6, 6.07) is 18.2. The van der Waals surface area contributed by atoms with E-state index in [1.165, 1.54) is 32.1 Å². The lowest BCUT2D eigenvalue weighted by atomic mass is 10.0. The van der Waals surface area contributed by atoms with Gasteiger partial charge in [0.15, 0.2) is 0 Å². The number of anilines is 1. The SMILES string of the molecule is CC(SC1CCCCC1)C(=O)Nc1ccccc1-c1ccccc1. The summed E-state index contributed by atoms with van der Waals surface area (Å²) in [5.74, 6) is 0.106. The van der Waals surface area contributed by atoms with Gasteiger partial charge in [-0.05, 0) is 31.4 Å². The van der Waals surface area contributed by atoms with Crippen molar-refractivity contribution in [2.24, 2.45) is 0 Å². The second-order valence-corrected chi connectivity index (χ2v) is 8.09. The lowest BCUT2D eigenvalue weighted by Gasteiger charge is -2.24. The molecule has 0 spiro atoms. The van der Waals surface area contributed by atoms with Crippen LogP contribution in [0.3, 0.4) is 0 Å². The average molecular weight is 340 g/mol. The van der Waals surface area contributed by atoms with Gasteiger partial charge in [0, 0.05) is 16.5 Å². The molecule has 2 nitrogen and oxygen atoms in total. The number of carbonyl (C=O) groups excluding carboxylic acids is 1. The van der Waals surface area contributed by atoms with Gasteiger partial charge in [0.2, 0.25) is 5.91 Å². The Kier molecular flexibility index (Phi) is 5.97. The van der Waals surface area contributed by atoms with Crippen molar-refractivity contribution in [3.8, 4) is 11.1 Å². The molecule has 24 heavy (non-hydrogen) atoms. The van der Waals surface area contributed by atoms with E-state index in [1.54, 1.807) is 0 Å². The third-order valence-corrected chi connectivity index (χ3v) is 6.07. The molecule has 2 aromatic rings. The van der Waals surface area contributed by atoms with Gasteiger partial charge in [-0.15, -0.1) is 11.8 Å². The maximum Gasteiger partial charge on any atom is 0.237 e. The third kappa shape index (κ3) is 4.41. The first-order valence-electron chi connectivity index (χ1n) is 8.85. The largest absolute Gasteiger partial charge is 0.325 e. The molecule has 1 saturated carbocycles. The van der Waals surface area contributed by atoms with Gasteiger partial charge in [0.25, 0.3) is 0 Å². The van der Waals surface area contributed by atoms with E-state index in [4.69, 9.17) is 0 Å². The molecule has 1 unspecified atom stereocenters. The van der Waals surface area contributed by atoms with Crippen molar-refractivity contribution < 1.29 is 4.79 Å². The monoisotopic (exact) mass is 339 g/mol. The first kappa shape index (κ1) is 17.1. The van der Waals surface area contributed by atoms with E-state index in [0.29, 0.717) is 5.25 Å². The van der Waals surface area contributed by atoms with E-state index >= 15 is 0 Å². The van der Waals surface area contributed by atoms with Crippen LogP contribution >= 0.6 is 11.8 Å². The maximum absolute atomic E-state index is 12.6. The van der Waals surface area contributed by atoms with Crippen molar-refractivity contribution in [2.75, 3.05) is 5.32 Å². The number of rotatable bonds is 5. The first-order valence-corrected chi connectivity index (χ1v) is 9.79. The Bertz CT molecular complexity index is 665. The van der Waals surface area contributed by atoms with Crippen LogP contribution in [-0.2, 0) is 4.79 Å². The van der Waals surface area contributed by atoms with E-state index in [9.17, 15) is 4.79 Å². The summed E-state index contributed by atoms with van der Waals surface area (Å²) in [4.78, 5) is 12.6. The summed E-state index contributed by atoms with van der Waals surface area (Å²) in [6.07, 6.45) is 6.47. The minimum Gasteiger partial charge on any atom is -0.325 e. The Balaban J connectivity index is 1.68. The van der Waals surface area contributed by atoms with Crippen molar-refractivity contribution in [2.45, 2.75) is 49.5 Å². The molecule has 2 aromatic carbocycles. The highest BCUT2D eigenvalue weighted by molar-refractivity contribution is 8.01. The minimum atomic E-state index is -0.0167. The van der Waals surface area contributed by atoms with Crippen LogP contribution in [0.2, 0.25) is 0 Å². The highest BCUT2D eigenvalue weighted by Gasteiger charge is 2.22. The van der Waals surface area contributed by atoms with Crippen LogP contribution in [0.4, 0.5) is 5.69 Å². The Morgan fingerprint density at radius 2 is 1.67 bits per heavy atom. The third-order valence-electron chi connectivity index (χ3n) is 4.59. The molecule has 1 N–H and O–H groups in total. The van der Waals surface area contributed by atoms with Crippen LogP contribution in [-0.4, -0.2) is 16.4 Å². The standard InChI is InChI=1S/C21H25NOS/c1-16(24-18-12-6-3-7-13-18)21(23)22-20-15-9-8-14-19(20)17-10-4-2-5-11-17/h2,4-5,8-11,14-16,18H,3,6-7,12-13H2,1H3,(H,22,23). The Hall–Kier alpha value is -1.74. The summed E-state index contributed by atoms with van der Waals surface area (Å²) in [5, 5.41) is 3.76. The Labute approximate surface area is 149 Å². The van der Waals surface area contributed by atoms with Crippen LogP contribution in [0.5, 0.6) is 0 Å². The summed E-state index contributed by atoms with van der Waals surface area (Å²) >= 11 is 1.84. The number of hydrogen-bond donors (Lipinski definition) is 1. The van der Waals surface area contributed by atoms with Crippen molar-refractivity contribution >= 4 is 23.4 Å². The summed E-state index contributed by atoms with van der Waals surface area (Å²) in [7, 11) is 0. The molecule has 1 aliphatic carbocycles. The number of carbonyl (C=O) groups is 1. The number of thioether (sulfide) groups is 1. The fourth-order valence-corrected chi connectivity index (χ4v) is 4.61. The Morgan fingerprint density at radius 3 is 2.42 bits per heavy atom. The van der Waals surface area contributed by atoms with Crippen LogP contribution in [0.1, 0.15) is 39.0 Å². The van der Waals surface area contributed by atoms with E-state index in [-0.39, 0.29) is 11.2 Å². The molecule has 0 bridgehead atoms. The second kappa shape index (κ2) is 8.39. The lowest BCUT2D eigenvalue weighted by Crippen LogP contribution is -2.25. The molecule has 0 radical (unpaired) electrons. The zero-order chi connectivity index (χ0) is 16.8. The summed E-state index contributed by atoms with van der Waals surface area (Å²) in [6.45, 7) is 2.03. The van der Waals surface area contributed by atoms with Gasteiger partial charge < -0.3 is 5.32 Å². The smallest absolute Gasteiger partial charge is 0.237 e. The zero-order valence-corrected chi connectivity index (χ0v) is 15.0. The minimum absolute atomic E-state index is 0.0167. The van der Waals surface area contributed by atoms with Crippen LogP contribution < -0.4 is 5.32 Å². The fraction of sp³-hybridized carbons (Fsp3) is 0.381. The van der Waals surface area contributed by atoms with Gasteiger partial charge in [-0.1, -0.05) is 67.8 Å². The van der Waals surface area contributed by atoms with Gasteiger partial charge >= 0.3 is 0 Å². The molecule has 1 aliphatic rings. The molecule has 0 saturated heterocycles. The zero-order valence-electron chi connectivity index (χ0n) is 14.2. The van der Waals surface area contributed by atoms with Gasteiger partial charge in [0.05, 0.1) is 5.25 Å².